The van der Waals surface area contributed by atoms with Gasteiger partial charge in [0.05, 0.1) is 4.92 Å². The zero-order valence-corrected chi connectivity index (χ0v) is 14.4. The fraction of sp³-hybridized carbons (Fsp3) is 0.706. The van der Waals surface area contributed by atoms with Gasteiger partial charge in [-0.15, -0.1) is 0 Å². The standard InChI is InChI=1S/C17H26N4O4/c22-11-13-3-1-7-19(9-13)16-6-5-15(21(24)25)17(18-16)20-8-2-4-14(10-20)12-23/h5-6,13-14,22-23H,1-4,7-12H2/t13-,14-/m1/s1. The predicted octanol–water partition coefficient (Wildman–Crippen LogP) is 1.41. The van der Waals surface area contributed by atoms with Crippen LogP contribution in [0.25, 0.3) is 0 Å². The van der Waals surface area contributed by atoms with Crippen molar-refractivity contribution in [1.82, 2.24) is 4.98 Å². The topological polar surface area (TPSA) is 103 Å². The second-order valence-electron chi connectivity index (χ2n) is 7.04. The number of nitro groups is 1. The third kappa shape index (κ3) is 4.01. The van der Waals surface area contributed by atoms with E-state index in [0.717, 1.165) is 44.6 Å². The Labute approximate surface area is 147 Å². The van der Waals surface area contributed by atoms with Gasteiger partial charge in [-0.05, 0) is 43.6 Å². The highest BCUT2D eigenvalue weighted by molar-refractivity contribution is 5.62. The summed E-state index contributed by atoms with van der Waals surface area (Å²) in [7, 11) is 0. The summed E-state index contributed by atoms with van der Waals surface area (Å²) in [6, 6.07) is 3.23. The van der Waals surface area contributed by atoms with Gasteiger partial charge in [0.2, 0.25) is 5.82 Å². The molecule has 3 rings (SSSR count). The minimum atomic E-state index is -0.387. The van der Waals surface area contributed by atoms with Crippen molar-refractivity contribution in [1.29, 1.82) is 0 Å². The molecule has 3 heterocycles. The normalized spacial score (nSPS) is 24.4. The van der Waals surface area contributed by atoms with Gasteiger partial charge in [-0.25, -0.2) is 4.98 Å². The van der Waals surface area contributed by atoms with Crippen LogP contribution in [0.1, 0.15) is 25.7 Å². The van der Waals surface area contributed by atoms with Gasteiger partial charge in [-0.1, -0.05) is 0 Å². The highest BCUT2D eigenvalue weighted by atomic mass is 16.6. The van der Waals surface area contributed by atoms with E-state index in [0.29, 0.717) is 18.9 Å². The van der Waals surface area contributed by atoms with Crippen LogP contribution in [0.4, 0.5) is 17.3 Å². The van der Waals surface area contributed by atoms with E-state index in [1.807, 2.05) is 4.90 Å². The first-order valence-corrected chi connectivity index (χ1v) is 8.99. The van der Waals surface area contributed by atoms with Gasteiger partial charge in [-0.2, -0.15) is 0 Å². The van der Waals surface area contributed by atoms with E-state index in [1.54, 1.807) is 6.07 Å². The van der Waals surface area contributed by atoms with E-state index < -0.39 is 0 Å². The molecule has 2 fully saturated rings. The molecule has 2 atom stereocenters. The second-order valence-corrected chi connectivity index (χ2v) is 7.04. The SMILES string of the molecule is O=[N+]([O-])c1ccc(N2CCC[C@@H](CO)C2)nc1N1CCC[C@@H](CO)C1. The lowest BCUT2D eigenvalue weighted by Crippen LogP contribution is -2.39. The van der Waals surface area contributed by atoms with Crippen molar-refractivity contribution in [3.63, 3.8) is 0 Å². The van der Waals surface area contributed by atoms with E-state index in [1.165, 1.54) is 6.07 Å². The summed E-state index contributed by atoms with van der Waals surface area (Å²) in [6.45, 7) is 3.12. The molecule has 2 aliphatic heterocycles. The number of pyridine rings is 1. The van der Waals surface area contributed by atoms with Crippen molar-refractivity contribution in [2.45, 2.75) is 25.7 Å². The number of aliphatic hydroxyl groups is 2. The molecule has 0 spiro atoms. The van der Waals surface area contributed by atoms with Crippen LogP contribution in [0, 0.1) is 22.0 Å². The lowest BCUT2D eigenvalue weighted by atomic mass is 9.98. The maximum Gasteiger partial charge on any atom is 0.311 e. The summed E-state index contributed by atoms with van der Waals surface area (Å²) >= 11 is 0. The third-order valence-corrected chi connectivity index (χ3v) is 5.21. The molecule has 1 aromatic rings. The molecular formula is C17H26N4O4. The van der Waals surface area contributed by atoms with E-state index >= 15 is 0 Å². The Hall–Kier alpha value is -1.93. The molecule has 0 saturated carbocycles. The highest BCUT2D eigenvalue weighted by Crippen LogP contribution is 2.33. The summed E-state index contributed by atoms with van der Waals surface area (Å²) in [6.07, 6.45) is 3.81. The molecular weight excluding hydrogens is 324 g/mol. The minimum absolute atomic E-state index is 0.0121. The summed E-state index contributed by atoms with van der Waals surface area (Å²) in [5, 5.41) is 30.3. The quantitative estimate of drug-likeness (QED) is 0.611. The van der Waals surface area contributed by atoms with Crippen molar-refractivity contribution in [3.05, 3.63) is 22.2 Å². The van der Waals surface area contributed by atoms with Gasteiger partial charge in [0, 0.05) is 45.5 Å². The monoisotopic (exact) mass is 350 g/mol. The van der Waals surface area contributed by atoms with Crippen LogP contribution in [0.2, 0.25) is 0 Å². The molecule has 25 heavy (non-hydrogen) atoms. The lowest BCUT2D eigenvalue weighted by molar-refractivity contribution is -0.384. The fourth-order valence-electron chi connectivity index (χ4n) is 3.81. The van der Waals surface area contributed by atoms with E-state index in [2.05, 4.69) is 9.88 Å². The van der Waals surface area contributed by atoms with Crippen molar-refractivity contribution >= 4 is 17.3 Å². The maximum absolute atomic E-state index is 11.4. The molecule has 8 nitrogen and oxygen atoms in total. The molecule has 0 amide bonds. The number of anilines is 2. The van der Waals surface area contributed by atoms with Crippen molar-refractivity contribution in [2.24, 2.45) is 11.8 Å². The van der Waals surface area contributed by atoms with Gasteiger partial charge in [-0.3, -0.25) is 10.1 Å². The minimum Gasteiger partial charge on any atom is -0.396 e. The Morgan fingerprint density at radius 3 is 2.28 bits per heavy atom. The maximum atomic E-state index is 11.4. The molecule has 0 unspecified atom stereocenters. The van der Waals surface area contributed by atoms with Crippen LogP contribution in [0.3, 0.4) is 0 Å². The second kappa shape index (κ2) is 7.97. The first-order chi connectivity index (χ1) is 12.1. The van der Waals surface area contributed by atoms with Crippen molar-refractivity contribution < 1.29 is 15.1 Å². The molecule has 138 valence electrons. The molecule has 2 N–H and O–H groups in total. The number of hydrogen-bond donors (Lipinski definition) is 2. The average Bonchev–Trinajstić information content (AvgIpc) is 2.67. The number of aromatic nitrogens is 1. The van der Waals surface area contributed by atoms with Crippen molar-refractivity contribution in [2.75, 3.05) is 49.2 Å². The van der Waals surface area contributed by atoms with E-state index in [9.17, 15) is 20.3 Å². The lowest BCUT2D eigenvalue weighted by Gasteiger charge is -2.35. The first kappa shape index (κ1) is 17.9. The zero-order chi connectivity index (χ0) is 17.8. The van der Waals surface area contributed by atoms with Crippen LogP contribution in [0.5, 0.6) is 0 Å². The summed E-state index contributed by atoms with van der Waals surface area (Å²) in [4.78, 5) is 19.7. The zero-order valence-electron chi connectivity index (χ0n) is 14.4. The Morgan fingerprint density at radius 1 is 1.08 bits per heavy atom. The molecule has 1 aromatic heterocycles. The molecule has 8 heteroatoms. The molecule has 0 aromatic carbocycles. The van der Waals surface area contributed by atoms with Crippen LogP contribution in [-0.2, 0) is 0 Å². The first-order valence-electron chi connectivity index (χ1n) is 8.99. The van der Waals surface area contributed by atoms with Gasteiger partial charge in [0.15, 0.2) is 0 Å². The van der Waals surface area contributed by atoms with Gasteiger partial charge >= 0.3 is 5.69 Å². The fourth-order valence-corrected chi connectivity index (χ4v) is 3.81. The Balaban J connectivity index is 1.88. The number of hydrogen-bond acceptors (Lipinski definition) is 7. The molecule has 0 bridgehead atoms. The van der Waals surface area contributed by atoms with E-state index in [-0.39, 0.29) is 35.7 Å². The molecule has 0 aliphatic carbocycles. The van der Waals surface area contributed by atoms with Crippen LogP contribution < -0.4 is 9.80 Å². The highest BCUT2D eigenvalue weighted by Gasteiger charge is 2.28. The predicted molar refractivity (Wildman–Crippen MR) is 94.9 cm³/mol. The number of aliphatic hydroxyl groups excluding tert-OH is 2. The smallest absolute Gasteiger partial charge is 0.311 e. The Morgan fingerprint density at radius 2 is 1.68 bits per heavy atom. The largest absolute Gasteiger partial charge is 0.396 e. The van der Waals surface area contributed by atoms with Gasteiger partial charge in [0.1, 0.15) is 5.82 Å². The summed E-state index contributed by atoms with van der Waals surface area (Å²) in [5.74, 6) is 1.48. The molecule has 0 radical (unpaired) electrons. The average molecular weight is 350 g/mol. The summed E-state index contributed by atoms with van der Waals surface area (Å²) in [5.41, 5.74) is 0.0121. The van der Waals surface area contributed by atoms with Crippen LogP contribution >= 0.6 is 0 Å². The van der Waals surface area contributed by atoms with E-state index in [4.69, 9.17) is 0 Å². The number of rotatable bonds is 5. The van der Waals surface area contributed by atoms with Gasteiger partial charge < -0.3 is 20.0 Å². The van der Waals surface area contributed by atoms with Crippen LogP contribution in [-0.4, -0.2) is 59.5 Å². The molecule has 2 aliphatic rings. The van der Waals surface area contributed by atoms with Crippen LogP contribution in [0.15, 0.2) is 12.1 Å². The summed E-state index contributed by atoms with van der Waals surface area (Å²) < 4.78 is 0. The number of nitrogens with zero attached hydrogens (tertiary/aromatic N) is 4. The Bertz CT molecular complexity index is 612. The number of piperidine rings is 2. The Kier molecular flexibility index (Phi) is 5.70. The third-order valence-electron chi connectivity index (χ3n) is 5.21. The molecule has 2 saturated heterocycles. The van der Waals surface area contributed by atoms with Crippen molar-refractivity contribution in [3.8, 4) is 0 Å². The van der Waals surface area contributed by atoms with Gasteiger partial charge in [0.25, 0.3) is 0 Å².